The summed E-state index contributed by atoms with van der Waals surface area (Å²) in [6.07, 6.45) is 4.68. The monoisotopic (exact) mass is 382 g/mol. The summed E-state index contributed by atoms with van der Waals surface area (Å²) in [7, 11) is 0. The summed E-state index contributed by atoms with van der Waals surface area (Å²) >= 11 is 1.64. The highest BCUT2D eigenvalue weighted by atomic mass is 32.2. The van der Waals surface area contributed by atoms with Crippen molar-refractivity contribution in [1.29, 1.82) is 5.26 Å². The van der Waals surface area contributed by atoms with Gasteiger partial charge in [0.1, 0.15) is 16.9 Å². The molecule has 0 spiro atoms. The molecule has 2 aromatic carbocycles. The molecule has 1 aliphatic carbocycles. The maximum absolute atomic E-state index is 9.95. The lowest BCUT2D eigenvalue weighted by molar-refractivity contribution is 0.581. The van der Waals surface area contributed by atoms with Gasteiger partial charge in [-0.25, -0.2) is 4.98 Å². The molecule has 4 heteroatoms. The molecule has 5 rings (SSSR count). The van der Waals surface area contributed by atoms with E-state index in [2.05, 4.69) is 48.5 Å². The third-order valence-corrected chi connectivity index (χ3v) is 6.34. The van der Waals surface area contributed by atoms with Gasteiger partial charge in [-0.2, -0.15) is 5.26 Å². The van der Waals surface area contributed by atoms with Gasteiger partial charge in [0.05, 0.1) is 11.8 Å². The Morgan fingerprint density at radius 2 is 1.93 bits per heavy atom. The number of hydrogen-bond acceptors (Lipinski definition) is 4. The number of fused-ring (bicyclic) bond motifs is 2. The van der Waals surface area contributed by atoms with Crippen LogP contribution in [0.5, 0.6) is 0 Å². The van der Waals surface area contributed by atoms with Crippen LogP contribution in [-0.2, 0) is 18.6 Å². The standard InChI is InChI=1S/C24H18N2OS/c25-14-20-23(22-12-5-13-27-22)19-10-4-11-21(19)26-24(20)28-15-17-8-3-7-16-6-1-2-9-18(16)17/h1-3,5-9,12-13H,4,10-11,15H2. The number of aromatic nitrogens is 1. The molecule has 2 aromatic heterocycles. The number of aryl methyl sites for hydroxylation is 1. The third-order valence-electron chi connectivity index (χ3n) is 5.31. The van der Waals surface area contributed by atoms with E-state index in [9.17, 15) is 5.26 Å². The molecule has 0 saturated carbocycles. The summed E-state index contributed by atoms with van der Waals surface area (Å²) in [5, 5.41) is 13.2. The highest BCUT2D eigenvalue weighted by molar-refractivity contribution is 7.98. The predicted molar refractivity (Wildman–Crippen MR) is 112 cm³/mol. The molecule has 0 radical (unpaired) electrons. The normalized spacial score (nSPS) is 12.8. The van der Waals surface area contributed by atoms with E-state index in [-0.39, 0.29) is 0 Å². The zero-order chi connectivity index (χ0) is 18.9. The first-order chi connectivity index (χ1) is 13.8. The second-order valence-corrected chi connectivity index (χ2v) is 7.93. The van der Waals surface area contributed by atoms with Gasteiger partial charge in [-0.1, -0.05) is 42.5 Å². The van der Waals surface area contributed by atoms with E-state index in [1.807, 2.05) is 12.1 Å². The first-order valence-corrected chi connectivity index (χ1v) is 10.4. The van der Waals surface area contributed by atoms with Gasteiger partial charge in [-0.3, -0.25) is 0 Å². The number of hydrogen-bond donors (Lipinski definition) is 0. The van der Waals surface area contributed by atoms with E-state index in [1.54, 1.807) is 18.0 Å². The third kappa shape index (κ3) is 2.89. The fourth-order valence-corrected chi connectivity index (χ4v) is 5.03. The lowest BCUT2D eigenvalue weighted by Gasteiger charge is -2.13. The molecular formula is C24H18N2OS. The molecule has 0 bridgehead atoms. The number of pyridine rings is 1. The average Bonchev–Trinajstić information content (AvgIpc) is 3.42. The number of nitriles is 1. The topological polar surface area (TPSA) is 49.8 Å². The molecule has 0 amide bonds. The summed E-state index contributed by atoms with van der Waals surface area (Å²) in [5.74, 6) is 1.54. The Kier molecular flexibility index (Phi) is 4.38. The number of nitrogens with zero attached hydrogens (tertiary/aromatic N) is 2. The number of furan rings is 1. The molecule has 0 fully saturated rings. The van der Waals surface area contributed by atoms with E-state index in [0.717, 1.165) is 47.1 Å². The van der Waals surface area contributed by atoms with Crippen LogP contribution < -0.4 is 0 Å². The van der Waals surface area contributed by atoms with Crippen molar-refractivity contribution in [2.75, 3.05) is 0 Å². The van der Waals surface area contributed by atoms with E-state index in [4.69, 9.17) is 9.40 Å². The van der Waals surface area contributed by atoms with Gasteiger partial charge < -0.3 is 4.42 Å². The van der Waals surface area contributed by atoms with Gasteiger partial charge in [0.2, 0.25) is 0 Å². The summed E-state index contributed by atoms with van der Waals surface area (Å²) < 4.78 is 5.67. The van der Waals surface area contributed by atoms with Gasteiger partial charge in [-0.15, -0.1) is 11.8 Å². The number of thioether (sulfide) groups is 1. The second-order valence-electron chi connectivity index (χ2n) is 6.96. The minimum atomic E-state index is 0.640. The predicted octanol–water partition coefficient (Wildman–Crippen LogP) is 6.15. The van der Waals surface area contributed by atoms with Gasteiger partial charge in [0.15, 0.2) is 0 Å². The van der Waals surface area contributed by atoms with Crippen molar-refractivity contribution >= 4 is 22.5 Å². The van der Waals surface area contributed by atoms with Crippen LogP contribution in [0.1, 0.15) is 28.8 Å². The average molecular weight is 382 g/mol. The summed E-state index contributed by atoms with van der Waals surface area (Å²) in [6, 6.07) is 21.0. The van der Waals surface area contributed by atoms with Crippen LogP contribution >= 0.6 is 11.8 Å². The maximum atomic E-state index is 9.95. The minimum Gasteiger partial charge on any atom is -0.464 e. The number of benzene rings is 2. The number of rotatable bonds is 4. The largest absolute Gasteiger partial charge is 0.464 e. The van der Waals surface area contributed by atoms with Crippen molar-refractivity contribution in [3.63, 3.8) is 0 Å². The second kappa shape index (κ2) is 7.18. The highest BCUT2D eigenvalue weighted by Crippen LogP contribution is 2.39. The Balaban J connectivity index is 1.57. The van der Waals surface area contributed by atoms with Crippen LogP contribution in [0.3, 0.4) is 0 Å². The maximum Gasteiger partial charge on any atom is 0.135 e. The molecule has 0 saturated heterocycles. The molecule has 4 aromatic rings. The Bertz CT molecular complexity index is 1200. The molecule has 136 valence electrons. The van der Waals surface area contributed by atoms with Crippen molar-refractivity contribution in [3.8, 4) is 17.4 Å². The van der Waals surface area contributed by atoms with Crippen LogP contribution in [-0.4, -0.2) is 4.98 Å². The van der Waals surface area contributed by atoms with Crippen molar-refractivity contribution in [2.24, 2.45) is 0 Å². The molecule has 28 heavy (non-hydrogen) atoms. The SMILES string of the molecule is N#Cc1c(SCc2cccc3ccccc23)nc2c(c1-c1ccco1)CCC2. The fourth-order valence-electron chi connectivity index (χ4n) is 4.02. The fraction of sp³-hybridized carbons (Fsp3) is 0.167. The Morgan fingerprint density at radius 3 is 2.79 bits per heavy atom. The van der Waals surface area contributed by atoms with E-state index in [0.29, 0.717) is 5.56 Å². The summed E-state index contributed by atoms with van der Waals surface area (Å²) in [5.41, 5.74) is 5.14. The van der Waals surface area contributed by atoms with Gasteiger partial charge in [0, 0.05) is 17.0 Å². The van der Waals surface area contributed by atoms with Crippen molar-refractivity contribution in [2.45, 2.75) is 30.0 Å². The van der Waals surface area contributed by atoms with Crippen LogP contribution in [0.4, 0.5) is 0 Å². The first kappa shape index (κ1) is 17.1. The van der Waals surface area contributed by atoms with Crippen LogP contribution in [0, 0.1) is 11.3 Å². The van der Waals surface area contributed by atoms with E-state index >= 15 is 0 Å². The molecule has 0 N–H and O–H groups in total. The van der Waals surface area contributed by atoms with Crippen LogP contribution in [0.25, 0.3) is 22.1 Å². The molecule has 0 aliphatic heterocycles. The zero-order valence-electron chi connectivity index (χ0n) is 15.3. The van der Waals surface area contributed by atoms with Crippen LogP contribution in [0.2, 0.25) is 0 Å². The summed E-state index contributed by atoms with van der Waals surface area (Å²) in [6.45, 7) is 0. The highest BCUT2D eigenvalue weighted by Gasteiger charge is 2.25. The molecule has 1 aliphatic rings. The van der Waals surface area contributed by atoms with E-state index < -0.39 is 0 Å². The van der Waals surface area contributed by atoms with Crippen molar-refractivity contribution in [1.82, 2.24) is 4.98 Å². The van der Waals surface area contributed by atoms with Gasteiger partial charge in [0.25, 0.3) is 0 Å². The first-order valence-electron chi connectivity index (χ1n) is 9.44. The lowest BCUT2D eigenvalue weighted by Crippen LogP contribution is -2.00. The van der Waals surface area contributed by atoms with Gasteiger partial charge >= 0.3 is 0 Å². The van der Waals surface area contributed by atoms with Crippen molar-refractivity contribution < 1.29 is 4.42 Å². The molecular weight excluding hydrogens is 364 g/mol. The summed E-state index contributed by atoms with van der Waals surface area (Å²) in [4.78, 5) is 4.89. The smallest absolute Gasteiger partial charge is 0.135 e. The molecule has 3 nitrogen and oxygen atoms in total. The zero-order valence-corrected chi connectivity index (χ0v) is 16.1. The molecule has 2 heterocycles. The van der Waals surface area contributed by atoms with Crippen LogP contribution in [0.15, 0.2) is 70.3 Å². The van der Waals surface area contributed by atoms with Gasteiger partial charge in [-0.05, 0) is 53.3 Å². The Morgan fingerprint density at radius 1 is 1.04 bits per heavy atom. The quantitative estimate of drug-likeness (QED) is 0.397. The molecule has 0 atom stereocenters. The lowest BCUT2D eigenvalue weighted by atomic mass is 10.0. The molecule has 0 unspecified atom stereocenters. The Labute approximate surface area is 168 Å². The minimum absolute atomic E-state index is 0.640. The van der Waals surface area contributed by atoms with E-state index in [1.165, 1.54) is 21.9 Å². The van der Waals surface area contributed by atoms with Crippen molar-refractivity contribution in [3.05, 3.63) is 83.2 Å². The Hall–Kier alpha value is -3.03.